The Bertz CT molecular complexity index is 1020. The number of nitrogens with one attached hydrogen (secondary N) is 1. The van der Waals surface area contributed by atoms with E-state index in [0.717, 1.165) is 5.56 Å². The maximum absolute atomic E-state index is 13.6. The molecule has 0 radical (unpaired) electrons. The van der Waals surface area contributed by atoms with E-state index in [1.54, 1.807) is 42.1 Å². The molecule has 1 unspecified atom stereocenters. The van der Waals surface area contributed by atoms with E-state index in [4.69, 9.17) is 4.42 Å². The van der Waals surface area contributed by atoms with Crippen LogP contribution < -0.4 is 5.32 Å². The molecule has 6 nitrogen and oxygen atoms in total. The number of nitrogens with zero attached hydrogens (tertiary/aromatic N) is 3. The molecule has 1 N–H and O–H groups in total. The topological polar surface area (TPSA) is 74.2 Å². The molecule has 0 spiro atoms. The SMILES string of the molecule is Cc1oc(-n2cccc2)c(C#N)c1C(=O)NCC(c1cccc(F)c1)N(C)C. The van der Waals surface area contributed by atoms with Gasteiger partial charge in [0.25, 0.3) is 5.91 Å². The van der Waals surface area contributed by atoms with E-state index in [9.17, 15) is 14.4 Å². The first-order valence-corrected chi connectivity index (χ1v) is 8.79. The molecule has 0 aliphatic carbocycles. The number of rotatable bonds is 6. The summed E-state index contributed by atoms with van der Waals surface area (Å²) in [5.41, 5.74) is 1.14. The molecule has 0 saturated carbocycles. The summed E-state index contributed by atoms with van der Waals surface area (Å²) >= 11 is 0. The van der Waals surface area contributed by atoms with E-state index in [0.29, 0.717) is 11.6 Å². The fourth-order valence-electron chi connectivity index (χ4n) is 3.15. The van der Waals surface area contributed by atoms with Crippen molar-refractivity contribution in [2.24, 2.45) is 0 Å². The van der Waals surface area contributed by atoms with Crippen molar-refractivity contribution < 1.29 is 13.6 Å². The highest BCUT2D eigenvalue weighted by Crippen LogP contribution is 2.26. The molecular formula is C21H21FN4O2. The molecular weight excluding hydrogens is 359 g/mol. The van der Waals surface area contributed by atoms with Crippen LogP contribution in [0.25, 0.3) is 5.88 Å². The van der Waals surface area contributed by atoms with Crippen LogP contribution in [0.3, 0.4) is 0 Å². The number of benzene rings is 1. The summed E-state index contributed by atoms with van der Waals surface area (Å²) in [6.07, 6.45) is 3.49. The van der Waals surface area contributed by atoms with Gasteiger partial charge in [-0.05, 0) is 50.8 Å². The molecule has 2 heterocycles. The summed E-state index contributed by atoms with van der Waals surface area (Å²) in [7, 11) is 3.71. The summed E-state index contributed by atoms with van der Waals surface area (Å²) < 4.78 is 20.9. The Balaban J connectivity index is 1.84. The van der Waals surface area contributed by atoms with Gasteiger partial charge in [-0.3, -0.25) is 9.36 Å². The monoisotopic (exact) mass is 380 g/mol. The zero-order valence-corrected chi connectivity index (χ0v) is 15.9. The average molecular weight is 380 g/mol. The van der Waals surface area contributed by atoms with Crippen LogP contribution in [0, 0.1) is 24.1 Å². The van der Waals surface area contributed by atoms with Gasteiger partial charge < -0.3 is 14.6 Å². The maximum atomic E-state index is 13.6. The van der Waals surface area contributed by atoms with Crippen molar-refractivity contribution in [3.63, 3.8) is 0 Å². The smallest absolute Gasteiger partial charge is 0.256 e. The van der Waals surface area contributed by atoms with E-state index in [1.165, 1.54) is 12.1 Å². The molecule has 2 aromatic heterocycles. The average Bonchev–Trinajstić information content (AvgIpc) is 3.28. The third kappa shape index (κ3) is 3.82. The quantitative estimate of drug-likeness (QED) is 0.711. The third-order valence-electron chi connectivity index (χ3n) is 4.56. The van der Waals surface area contributed by atoms with Crippen molar-refractivity contribution in [3.05, 3.63) is 77.1 Å². The molecule has 1 amide bonds. The molecule has 1 aromatic carbocycles. The Morgan fingerprint density at radius 2 is 2.04 bits per heavy atom. The number of aromatic nitrogens is 1. The second-order valence-electron chi connectivity index (χ2n) is 6.66. The molecule has 0 fully saturated rings. The molecule has 0 bridgehead atoms. The lowest BCUT2D eigenvalue weighted by molar-refractivity contribution is 0.0940. The van der Waals surface area contributed by atoms with Crippen LogP contribution in [0.4, 0.5) is 4.39 Å². The zero-order chi connectivity index (χ0) is 20.3. The minimum Gasteiger partial charge on any atom is -0.443 e. The van der Waals surface area contributed by atoms with Crippen LogP contribution in [-0.4, -0.2) is 36.0 Å². The van der Waals surface area contributed by atoms with Gasteiger partial charge in [0.2, 0.25) is 5.88 Å². The molecule has 0 aliphatic rings. The molecule has 144 valence electrons. The number of carbonyl (C=O) groups is 1. The first-order chi connectivity index (χ1) is 13.4. The lowest BCUT2D eigenvalue weighted by Crippen LogP contribution is -2.35. The third-order valence-corrected chi connectivity index (χ3v) is 4.56. The molecule has 3 rings (SSSR count). The molecule has 0 saturated heterocycles. The number of carbonyl (C=O) groups excluding carboxylic acids is 1. The van der Waals surface area contributed by atoms with Crippen molar-refractivity contribution in [1.29, 1.82) is 5.26 Å². The maximum Gasteiger partial charge on any atom is 0.256 e. The second-order valence-corrected chi connectivity index (χ2v) is 6.66. The van der Waals surface area contributed by atoms with Crippen molar-refractivity contribution >= 4 is 5.91 Å². The van der Waals surface area contributed by atoms with Gasteiger partial charge in [0.15, 0.2) is 0 Å². The fraction of sp³-hybridized carbons (Fsp3) is 0.238. The van der Waals surface area contributed by atoms with Gasteiger partial charge in [-0.25, -0.2) is 4.39 Å². The standard InChI is InChI=1S/C21H21FN4O2/c1-14-19(17(12-23)21(28-14)26-9-4-5-10-26)20(27)24-13-18(25(2)3)15-7-6-8-16(22)11-15/h4-11,18H,13H2,1-3H3,(H,24,27). The largest absolute Gasteiger partial charge is 0.443 e. The highest BCUT2D eigenvalue weighted by molar-refractivity contribution is 5.98. The molecule has 1 atom stereocenters. The number of furan rings is 1. The number of nitriles is 1. The molecule has 0 aliphatic heterocycles. The predicted molar refractivity (Wildman–Crippen MR) is 103 cm³/mol. The Hall–Kier alpha value is -3.37. The van der Waals surface area contributed by atoms with E-state index >= 15 is 0 Å². The van der Waals surface area contributed by atoms with Gasteiger partial charge in [-0.1, -0.05) is 12.1 Å². The van der Waals surface area contributed by atoms with Crippen molar-refractivity contribution in [2.45, 2.75) is 13.0 Å². The minimum absolute atomic E-state index is 0.179. The molecule has 28 heavy (non-hydrogen) atoms. The van der Waals surface area contributed by atoms with Crippen LogP contribution in [0.15, 0.2) is 53.2 Å². The van der Waals surface area contributed by atoms with E-state index < -0.39 is 5.91 Å². The van der Waals surface area contributed by atoms with Crippen molar-refractivity contribution in [2.75, 3.05) is 20.6 Å². The number of halogens is 1. The molecule has 3 aromatic rings. The highest BCUT2D eigenvalue weighted by Gasteiger charge is 2.25. The van der Waals surface area contributed by atoms with Gasteiger partial charge in [0, 0.05) is 18.9 Å². The Morgan fingerprint density at radius 3 is 2.64 bits per heavy atom. The van der Waals surface area contributed by atoms with Gasteiger partial charge in [-0.2, -0.15) is 5.26 Å². The predicted octanol–water partition coefficient (Wildman–Crippen LogP) is 3.42. The second kappa shape index (κ2) is 8.11. The van der Waals surface area contributed by atoms with E-state index in [1.807, 2.05) is 25.1 Å². The van der Waals surface area contributed by atoms with Gasteiger partial charge in [0.05, 0.1) is 6.04 Å². The summed E-state index contributed by atoms with van der Waals surface area (Å²) in [6, 6.07) is 11.7. The number of hydrogen-bond donors (Lipinski definition) is 1. The Kier molecular flexibility index (Phi) is 5.62. The van der Waals surface area contributed by atoms with Crippen LogP contribution in [-0.2, 0) is 0 Å². The van der Waals surface area contributed by atoms with E-state index in [2.05, 4.69) is 11.4 Å². The zero-order valence-electron chi connectivity index (χ0n) is 15.9. The van der Waals surface area contributed by atoms with Gasteiger partial charge in [-0.15, -0.1) is 0 Å². The van der Waals surface area contributed by atoms with Crippen LogP contribution in [0.1, 0.15) is 33.3 Å². The molecule has 7 heteroatoms. The first kappa shape index (κ1) is 19.4. The van der Waals surface area contributed by atoms with E-state index in [-0.39, 0.29) is 29.5 Å². The summed E-state index contributed by atoms with van der Waals surface area (Å²) in [6.45, 7) is 1.91. The van der Waals surface area contributed by atoms with Gasteiger partial charge in [0.1, 0.15) is 28.8 Å². The highest BCUT2D eigenvalue weighted by atomic mass is 19.1. The van der Waals surface area contributed by atoms with Crippen molar-refractivity contribution in [3.8, 4) is 12.0 Å². The summed E-state index contributed by atoms with van der Waals surface area (Å²) in [4.78, 5) is 14.7. The van der Waals surface area contributed by atoms with Crippen molar-refractivity contribution in [1.82, 2.24) is 14.8 Å². The Morgan fingerprint density at radius 1 is 1.32 bits per heavy atom. The lowest BCUT2D eigenvalue weighted by atomic mass is 10.1. The van der Waals surface area contributed by atoms with Crippen LogP contribution in [0.5, 0.6) is 0 Å². The normalized spacial score (nSPS) is 12.0. The number of hydrogen-bond acceptors (Lipinski definition) is 4. The van der Waals surface area contributed by atoms with Gasteiger partial charge >= 0.3 is 0 Å². The summed E-state index contributed by atoms with van der Waals surface area (Å²) in [5, 5.41) is 12.4. The fourth-order valence-corrected chi connectivity index (χ4v) is 3.15. The van der Waals surface area contributed by atoms with Crippen LogP contribution >= 0.6 is 0 Å². The summed E-state index contributed by atoms with van der Waals surface area (Å²) in [5.74, 6) is -0.0571. The number of amides is 1. The lowest BCUT2D eigenvalue weighted by Gasteiger charge is -2.25. The van der Waals surface area contributed by atoms with Crippen LogP contribution in [0.2, 0.25) is 0 Å². The minimum atomic E-state index is -0.403. The first-order valence-electron chi connectivity index (χ1n) is 8.79. The number of likely N-dealkylation sites (N-methyl/N-ethyl adjacent to an activating group) is 1. The number of aryl methyl sites for hydroxylation is 1. The Labute approximate surface area is 162 Å².